The van der Waals surface area contributed by atoms with Crippen LogP contribution in [0.3, 0.4) is 0 Å². The molecular formula is C71H112O16P2. The van der Waals surface area contributed by atoms with Gasteiger partial charge in [-0.2, -0.15) is 0 Å². The zero-order valence-electron chi connectivity index (χ0n) is 54.0. The maximum Gasteiger partial charge on any atom is 0.472 e. The minimum Gasteiger partial charge on any atom is -0.463 e. The SMILES string of the molecule is CC/C=C\C/C=C\C/C=C\C/C=C\C/C=C\C/C=C\CCCCC(=O)OCC(O)COP(=O)(O)OCC(O)COP(=O)(O)OCC(COC(=O)CCC/C=C\C/C=C\C/C=C\C/C=C\C/C=C\CC)OC(=O)CCCCCCC/C=C\C/C=C\C/C=C\CC. The Morgan fingerprint density at radius 3 is 0.955 bits per heavy atom. The van der Waals surface area contributed by atoms with Crippen LogP contribution in [0.4, 0.5) is 0 Å². The molecular weight excluding hydrogens is 1170 g/mol. The summed E-state index contributed by atoms with van der Waals surface area (Å²) in [5, 5.41) is 20.5. The molecule has 502 valence electrons. The molecule has 89 heavy (non-hydrogen) atoms. The summed E-state index contributed by atoms with van der Waals surface area (Å²) in [6, 6.07) is 0. The van der Waals surface area contributed by atoms with Crippen LogP contribution in [0.1, 0.15) is 201 Å². The second-order valence-corrected chi connectivity index (χ2v) is 23.7. The topological polar surface area (TPSA) is 231 Å². The third-order valence-electron chi connectivity index (χ3n) is 12.4. The molecule has 0 aliphatic rings. The predicted octanol–water partition coefficient (Wildman–Crippen LogP) is 17.7. The average molecular weight is 1280 g/mol. The van der Waals surface area contributed by atoms with Gasteiger partial charge in [-0.25, -0.2) is 9.13 Å². The molecule has 0 aromatic rings. The van der Waals surface area contributed by atoms with E-state index in [9.17, 15) is 43.5 Å². The number of unbranched alkanes of at least 4 members (excludes halogenated alkanes) is 8. The molecule has 18 heteroatoms. The quantitative estimate of drug-likeness (QED) is 0.0146. The highest BCUT2D eigenvalue weighted by Crippen LogP contribution is 2.45. The van der Waals surface area contributed by atoms with Gasteiger partial charge in [0.1, 0.15) is 25.4 Å². The molecule has 0 aromatic heterocycles. The van der Waals surface area contributed by atoms with Crippen molar-refractivity contribution in [3.63, 3.8) is 0 Å². The number of hydrogen-bond donors (Lipinski definition) is 4. The molecule has 0 fully saturated rings. The molecule has 0 spiro atoms. The fourth-order valence-corrected chi connectivity index (χ4v) is 9.15. The fourth-order valence-electron chi connectivity index (χ4n) is 7.56. The van der Waals surface area contributed by atoms with E-state index in [1.807, 2.05) is 12.2 Å². The van der Waals surface area contributed by atoms with Crippen LogP contribution in [-0.2, 0) is 55.8 Å². The predicted molar refractivity (Wildman–Crippen MR) is 362 cm³/mol. The van der Waals surface area contributed by atoms with Crippen molar-refractivity contribution in [1.29, 1.82) is 0 Å². The summed E-state index contributed by atoms with van der Waals surface area (Å²) < 4.78 is 60.7. The van der Waals surface area contributed by atoms with Crippen molar-refractivity contribution in [2.24, 2.45) is 0 Å². The molecule has 0 amide bonds. The number of allylic oxidation sites excluding steroid dienone is 28. The van der Waals surface area contributed by atoms with Gasteiger partial charge in [-0.1, -0.05) is 210 Å². The van der Waals surface area contributed by atoms with Crippen molar-refractivity contribution in [3.8, 4) is 0 Å². The number of phosphoric ester groups is 2. The summed E-state index contributed by atoms with van der Waals surface area (Å²) in [7, 11) is -9.82. The third kappa shape index (κ3) is 64.3. The first-order valence-corrected chi connectivity index (χ1v) is 35.4. The second kappa shape index (κ2) is 63.1. The Labute approximate surface area is 535 Å². The summed E-state index contributed by atoms with van der Waals surface area (Å²) in [4.78, 5) is 58.3. The standard InChI is InChI=1S/C71H112O16P2/c1-4-7-10-13-16-19-22-25-28-30-31-32-33-35-38-39-42-45-48-51-54-57-69(74)81-60-66(72)61-83-88(77,78)84-62-67(73)63-85-89(79,80)86-65-68(87-71(76)59-56-53-50-47-44-41-36-27-24-21-18-15-12-9-6-3)64-82-70(75)58-55-52-49-46-43-40-37-34-29-26-23-20-17-14-11-8-5-2/h7-12,16-21,25-29,31-32,35-38,40,42,45-46,49,66-68,72-73H,4-6,13-15,22-24,30,33-34,39,41,43-44,47-48,50-65H2,1-3H3,(H,77,78)(H,79,80)/b10-7-,11-8-,12-9-,19-16-,20-17-,21-18-,28-25-,29-26-,32-31-,36-27-,38-35-,40-37-,45-42-,49-46-. The maximum absolute atomic E-state index is 12.9. The van der Waals surface area contributed by atoms with E-state index >= 15 is 0 Å². The van der Waals surface area contributed by atoms with E-state index in [1.165, 1.54) is 0 Å². The Morgan fingerprint density at radius 2 is 0.573 bits per heavy atom. The molecule has 0 aliphatic heterocycles. The van der Waals surface area contributed by atoms with Gasteiger partial charge in [0, 0.05) is 19.3 Å². The minimum atomic E-state index is -4.95. The van der Waals surface area contributed by atoms with E-state index in [-0.39, 0.29) is 19.3 Å². The van der Waals surface area contributed by atoms with Crippen molar-refractivity contribution in [2.75, 3.05) is 39.6 Å². The van der Waals surface area contributed by atoms with Crippen molar-refractivity contribution in [2.45, 2.75) is 219 Å². The summed E-state index contributed by atoms with van der Waals surface area (Å²) in [6.45, 7) is 2.13. The highest BCUT2D eigenvalue weighted by molar-refractivity contribution is 7.47. The van der Waals surface area contributed by atoms with E-state index in [0.29, 0.717) is 25.7 Å². The number of ether oxygens (including phenoxy) is 3. The van der Waals surface area contributed by atoms with Gasteiger partial charge in [0.2, 0.25) is 0 Å². The van der Waals surface area contributed by atoms with Gasteiger partial charge in [0.15, 0.2) is 6.10 Å². The molecule has 0 saturated heterocycles. The van der Waals surface area contributed by atoms with Gasteiger partial charge in [0.05, 0.1) is 26.4 Å². The lowest BCUT2D eigenvalue weighted by atomic mass is 10.1. The zero-order valence-corrected chi connectivity index (χ0v) is 55.8. The van der Waals surface area contributed by atoms with Crippen molar-refractivity contribution >= 4 is 33.6 Å². The van der Waals surface area contributed by atoms with Crippen molar-refractivity contribution < 1.29 is 75.8 Å². The third-order valence-corrected chi connectivity index (χ3v) is 14.3. The van der Waals surface area contributed by atoms with Gasteiger partial charge in [0.25, 0.3) is 0 Å². The molecule has 0 saturated carbocycles. The maximum atomic E-state index is 12.9. The van der Waals surface area contributed by atoms with Crippen LogP contribution >= 0.6 is 15.6 Å². The van der Waals surface area contributed by atoms with Crippen LogP contribution in [0.15, 0.2) is 170 Å². The number of aliphatic hydroxyl groups is 2. The highest BCUT2D eigenvalue weighted by Gasteiger charge is 2.29. The minimum absolute atomic E-state index is 0.0645. The lowest BCUT2D eigenvalue weighted by molar-refractivity contribution is -0.161. The van der Waals surface area contributed by atoms with Crippen LogP contribution in [0.5, 0.6) is 0 Å². The van der Waals surface area contributed by atoms with E-state index < -0.39 is 91.5 Å². The summed E-state index contributed by atoms with van der Waals surface area (Å²) in [5.74, 6) is -1.72. The lowest BCUT2D eigenvalue weighted by Crippen LogP contribution is -2.30. The highest BCUT2D eigenvalue weighted by atomic mass is 31.2. The number of carbonyl (C=O) groups excluding carboxylic acids is 3. The Hall–Kier alpha value is -5.09. The lowest BCUT2D eigenvalue weighted by Gasteiger charge is -2.21. The summed E-state index contributed by atoms with van der Waals surface area (Å²) >= 11 is 0. The smallest absolute Gasteiger partial charge is 0.463 e. The Balaban J connectivity index is 4.79. The van der Waals surface area contributed by atoms with Gasteiger partial charge in [-0.05, 0) is 141 Å². The zero-order chi connectivity index (χ0) is 65.3. The molecule has 0 heterocycles. The Kier molecular flexibility index (Phi) is 59.5. The molecule has 5 unspecified atom stereocenters. The second-order valence-electron chi connectivity index (χ2n) is 20.8. The molecule has 0 bridgehead atoms. The number of esters is 3. The van der Waals surface area contributed by atoms with Gasteiger partial charge in [-0.15, -0.1) is 0 Å². The summed E-state index contributed by atoms with van der Waals surface area (Å²) in [6.07, 6.45) is 77.1. The van der Waals surface area contributed by atoms with E-state index in [1.54, 1.807) is 0 Å². The monoisotopic (exact) mass is 1280 g/mol. The normalized spacial score (nSPS) is 15.4. The van der Waals surface area contributed by atoms with Gasteiger partial charge >= 0.3 is 33.6 Å². The number of phosphoric acid groups is 2. The number of carbonyl (C=O) groups is 3. The van der Waals surface area contributed by atoms with Gasteiger partial charge in [-0.3, -0.25) is 32.5 Å². The molecule has 4 N–H and O–H groups in total. The molecule has 0 radical (unpaired) electrons. The van der Waals surface area contributed by atoms with Crippen molar-refractivity contribution in [3.05, 3.63) is 170 Å². The number of hydrogen-bond acceptors (Lipinski definition) is 14. The van der Waals surface area contributed by atoms with Crippen LogP contribution in [0.2, 0.25) is 0 Å². The largest absolute Gasteiger partial charge is 0.472 e. The van der Waals surface area contributed by atoms with Gasteiger partial charge < -0.3 is 34.2 Å². The van der Waals surface area contributed by atoms with Crippen LogP contribution in [0.25, 0.3) is 0 Å². The first-order chi connectivity index (χ1) is 43.2. The van der Waals surface area contributed by atoms with Crippen LogP contribution in [0, 0.1) is 0 Å². The van der Waals surface area contributed by atoms with E-state index in [4.69, 9.17) is 32.3 Å². The molecule has 0 aliphatic carbocycles. The number of rotatable bonds is 59. The van der Waals surface area contributed by atoms with Crippen LogP contribution in [-0.4, -0.2) is 95.9 Å². The van der Waals surface area contributed by atoms with E-state index in [0.717, 1.165) is 135 Å². The molecule has 0 rings (SSSR count). The molecule has 5 atom stereocenters. The molecule has 16 nitrogen and oxygen atoms in total. The summed E-state index contributed by atoms with van der Waals surface area (Å²) in [5.41, 5.74) is 0. The Bertz CT molecular complexity index is 2300. The van der Waals surface area contributed by atoms with E-state index in [2.05, 4.69) is 179 Å². The fraction of sp³-hybridized carbons (Fsp3) is 0.563. The van der Waals surface area contributed by atoms with Crippen molar-refractivity contribution in [1.82, 2.24) is 0 Å². The first-order valence-electron chi connectivity index (χ1n) is 32.4. The average Bonchev–Trinajstić information content (AvgIpc) is 3.63. The molecule has 0 aromatic carbocycles. The number of aliphatic hydroxyl groups excluding tert-OH is 2. The Morgan fingerprint density at radius 1 is 0.315 bits per heavy atom. The van der Waals surface area contributed by atoms with Crippen LogP contribution < -0.4 is 0 Å². The first kappa shape index (κ1) is 83.9.